The van der Waals surface area contributed by atoms with Crippen LogP contribution in [0.3, 0.4) is 0 Å². The van der Waals surface area contributed by atoms with Crippen molar-refractivity contribution in [3.05, 3.63) is 64.1 Å². The number of hydrazine groups is 1. The molecule has 13 nitrogen and oxygen atoms in total. The molecule has 3 heterocycles. The van der Waals surface area contributed by atoms with Crippen molar-refractivity contribution < 1.29 is 4.74 Å². The standard InChI is InChI=1S/C22H23N11O2/c1-32-22(34)18-15(27-14-8-5-7-13(19(14)35-3)20(24)30-33(2)25)10-17(29-21(18)31-32)28-16-9-4-6-12(11-23)26-16/h4-10H,25H2,1-3H3,(H2,24,30)(H3,26,27,28,29,31). The first-order valence-electron chi connectivity index (χ1n) is 10.3. The third-order valence-electron chi connectivity index (χ3n) is 4.96. The topological polar surface area (TPSA) is 188 Å². The number of nitrogens with one attached hydrogen (secondary N) is 3. The summed E-state index contributed by atoms with van der Waals surface area (Å²) in [7, 11) is 4.65. The van der Waals surface area contributed by atoms with Crippen molar-refractivity contribution in [2.75, 3.05) is 24.8 Å². The van der Waals surface area contributed by atoms with Crippen LogP contribution in [0.1, 0.15) is 11.3 Å². The summed E-state index contributed by atoms with van der Waals surface area (Å²) in [6.07, 6.45) is 0. The first-order chi connectivity index (χ1) is 16.8. The normalized spacial score (nSPS) is 11.2. The minimum absolute atomic E-state index is 0.152. The Morgan fingerprint density at radius 2 is 1.97 bits per heavy atom. The van der Waals surface area contributed by atoms with E-state index in [1.54, 1.807) is 56.6 Å². The van der Waals surface area contributed by atoms with Crippen LogP contribution in [0.5, 0.6) is 5.75 Å². The number of pyridine rings is 2. The molecule has 0 radical (unpaired) electrons. The van der Waals surface area contributed by atoms with Crippen molar-refractivity contribution in [3.8, 4) is 11.8 Å². The van der Waals surface area contributed by atoms with Gasteiger partial charge < -0.3 is 21.1 Å². The van der Waals surface area contributed by atoms with Gasteiger partial charge in [0.05, 0.1) is 24.0 Å². The van der Waals surface area contributed by atoms with Gasteiger partial charge >= 0.3 is 0 Å². The summed E-state index contributed by atoms with van der Waals surface area (Å²) in [4.78, 5) is 21.5. The molecular formula is C22H23N11O2. The molecule has 13 heteroatoms. The fourth-order valence-electron chi connectivity index (χ4n) is 3.51. The van der Waals surface area contributed by atoms with Crippen molar-refractivity contribution in [2.24, 2.45) is 23.7 Å². The van der Waals surface area contributed by atoms with Gasteiger partial charge in [-0.15, -0.1) is 5.10 Å². The highest BCUT2D eigenvalue weighted by atomic mass is 16.5. The number of hydrogen-bond donors (Lipinski definition) is 5. The lowest BCUT2D eigenvalue weighted by Gasteiger charge is -2.16. The van der Waals surface area contributed by atoms with E-state index in [0.717, 1.165) is 5.12 Å². The van der Waals surface area contributed by atoms with Gasteiger partial charge in [-0.25, -0.2) is 20.9 Å². The second-order valence-corrected chi connectivity index (χ2v) is 7.47. The molecule has 0 unspecified atom stereocenters. The molecule has 0 saturated carbocycles. The number of para-hydroxylation sites is 1. The quantitative estimate of drug-likeness (QED) is 0.114. The number of methoxy groups -OCH3 is 1. The molecule has 0 aliphatic rings. The van der Waals surface area contributed by atoms with E-state index in [4.69, 9.17) is 21.6 Å². The molecule has 35 heavy (non-hydrogen) atoms. The molecule has 178 valence electrons. The van der Waals surface area contributed by atoms with E-state index in [9.17, 15) is 4.79 Å². The zero-order valence-corrected chi connectivity index (χ0v) is 19.2. The summed E-state index contributed by atoms with van der Waals surface area (Å²) < 4.78 is 6.93. The van der Waals surface area contributed by atoms with Crippen LogP contribution in [0.25, 0.3) is 11.0 Å². The molecule has 0 bridgehead atoms. The highest BCUT2D eigenvalue weighted by Gasteiger charge is 2.18. The maximum absolute atomic E-state index is 12.8. The van der Waals surface area contributed by atoms with Crippen molar-refractivity contribution in [3.63, 3.8) is 0 Å². The summed E-state index contributed by atoms with van der Waals surface area (Å²) in [5, 5.41) is 23.8. The van der Waals surface area contributed by atoms with Gasteiger partial charge in [-0.1, -0.05) is 12.1 Å². The molecule has 0 atom stereocenters. The summed E-state index contributed by atoms with van der Waals surface area (Å²) in [6.45, 7) is 0. The Bertz CT molecular complexity index is 1530. The number of anilines is 4. The van der Waals surface area contributed by atoms with E-state index in [1.807, 2.05) is 6.07 Å². The zero-order valence-electron chi connectivity index (χ0n) is 19.2. The second kappa shape index (κ2) is 9.41. The molecule has 0 aliphatic carbocycles. The number of aryl methyl sites for hydroxylation is 1. The number of nitrogens with two attached hydrogens (primary N) is 2. The summed E-state index contributed by atoms with van der Waals surface area (Å²) in [6, 6.07) is 13.9. The molecule has 1 aromatic carbocycles. The predicted octanol–water partition coefficient (Wildman–Crippen LogP) is 1.45. The van der Waals surface area contributed by atoms with Crippen LogP contribution in [0.4, 0.5) is 23.0 Å². The Morgan fingerprint density at radius 1 is 1.20 bits per heavy atom. The lowest BCUT2D eigenvalue weighted by molar-refractivity contribution is 0.371. The van der Waals surface area contributed by atoms with Crippen LogP contribution in [0.15, 0.2) is 52.4 Å². The third kappa shape index (κ3) is 4.68. The molecule has 3 aromatic heterocycles. The number of nitriles is 1. The van der Waals surface area contributed by atoms with Gasteiger partial charge in [0.2, 0.25) is 0 Å². The number of ether oxygens (including phenoxy) is 1. The Hall–Kier alpha value is -5.09. The maximum atomic E-state index is 12.8. The Balaban J connectivity index is 1.82. The SMILES string of the molecule is COc1c(Nc2cc(Nc3cccc(C#N)n3)nc3[nH]n(C)c(=O)c23)cccc1/C(N)=N/N(C)N. The van der Waals surface area contributed by atoms with Gasteiger partial charge in [0, 0.05) is 20.2 Å². The lowest BCUT2D eigenvalue weighted by Crippen LogP contribution is -2.26. The maximum Gasteiger partial charge on any atom is 0.277 e. The molecule has 0 aliphatic heterocycles. The van der Waals surface area contributed by atoms with Crippen molar-refractivity contribution in [2.45, 2.75) is 0 Å². The van der Waals surface area contributed by atoms with Gasteiger partial charge in [0.25, 0.3) is 5.56 Å². The Morgan fingerprint density at radius 3 is 2.69 bits per heavy atom. The monoisotopic (exact) mass is 473 g/mol. The molecule has 0 fully saturated rings. The largest absolute Gasteiger partial charge is 0.494 e. The zero-order chi connectivity index (χ0) is 25.1. The number of amidine groups is 1. The Kier molecular flexibility index (Phi) is 6.21. The average Bonchev–Trinajstić information content (AvgIpc) is 3.11. The van der Waals surface area contributed by atoms with E-state index >= 15 is 0 Å². The summed E-state index contributed by atoms with van der Waals surface area (Å²) in [5.74, 6) is 6.97. The molecule has 4 aromatic rings. The van der Waals surface area contributed by atoms with Crippen LogP contribution < -0.4 is 32.5 Å². The number of aromatic nitrogens is 4. The van der Waals surface area contributed by atoms with Gasteiger partial charge in [-0.2, -0.15) is 5.26 Å². The summed E-state index contributed by atoms with van der Waals surface area (Å²) >= 11 is 0. The number of rotatable bonds is 7. The number of hydrogen-bond acceptors (Lipinski definition) is 10. The molecule has 7 N–H and O–H groups in total. The van der Waals surface area contributed by atoms with Crippen LogP contribution in [-0.2, 0) is 7.05 Å². The number of fused-ring (bicyclic) bond motifs is 1. The van der Waals surface area contributed by atoms with Crippen LogP contribution in [0, 0.1) is 11.3 Å². The van der Waals surface area contributed by atoms with Gasteiger partial charge in [0.1, 0.15) is 28.8 Å². The lowest BCUT2D eigenvalue weighted by atomic mass is 10.1. The number of hydrazone groups is 1. The van der Waals surface area contributed by atoms with E-state index in [0.29, 0.717) is 45.4 Å². The van der Waals surface area contributed by atoms with Gasteiger partial charge in [0.15, 0.2) is 17.2 Å². The van der Waals surface area contributed by atoms with Crippen LogP contribution >= 0.6 is 0 Å². The minimum atomic E-state index is -0.271. The molecular weight excluding hydrogens is 450 g/mol. The fourth-order valence-corrected chi connectivity index (χ4v) is 3.51. The molecule has 0 saturated heterocycles. The number of nitrogens with zero attached hydrogens (tertiary/aromatic N) is 6. The molecule has 0 amide bonds. The predicted molar refractivity (Wildman–Crippen MR) is 133 cm³/mol. The van der Waals surface area contributed by atoms with Gasteiger partial charge in [-0.05, 0) is 24.3 Å². The minimum Gasteiger partial charge on any atom is -0.494 e. The van der Waals surface area contributed by atoms with Crippen molar-refractivity contribution >= 4 is 39.9 Å². The van der Waals surface area contributed by atoms with E-state index < -0.39 is 0 Å². The second-order valence-electron chi connectivity index (χ2n) is 7.47. The number of H-pyrrole nitrogens is 1. The summed E-state index contributed by atoms with van der Waals surface area (Å²) in [5.41, 5.74) is 7.94. The van der Waals surface area contributed by atoms with Crippen LogP contribution in [-0.4, -0.2) is 44.9 Å². The fraction of sp³-hybridized carbons (Fsp3) is 0.136. The average molecular weight is 474 g/mol. The number of aromatic amines is 1. The number of benzene rings is 1. The van der Waals surface area contributed by atoms with Crippen LogP contribution in [0.2, 0.25) is 0 Å². The van der Waals surface area contributed by atoms with Gasteiger partial charge in [-0.3, -0.25) is 14.6 Å². The van der Waals surface area contributed by atoms with Crippen molar-refractivity contribution in [1.82, 2.24) is 24.9 Å². The smallest absolute Gasteiger partial charge is 0.277 e. The Labute approximate surface area is 199 Å². The highest BCUT2D eigenvalue weighted by molar-refractivity contribution is 6.02. The highest BCUT2D eigenvalue weighted by Crippen LogP contribution is 2.34. The first kappa shape index (κ1) is 23.1. The van der Waals surface area contributed by atoms with E-state index in [2.05, 4.69) is 30.8 Å². The van der Waals surface area contributed by atoms with E-state index in [-0.39, 0.29) is 17.1 Å². The third-order valence-corrected chi connectivity index (χ3v) is 4.96. The van der Waals surface area contributed by atoms with Crippen molar-refractivity contribution in [1.29, 1.82) is 5.26 Å². The first-order valence-corrected chi connectivity index (χ1v) is 10.3. The molecule has 0 spiro atoms. The van der Waals surface area contributed by atoms with E-state index in [1.165, 1.54) is 11.8 Å². The molecule has 4 rings (SSSR count).